The first-order valence-corrected chi connectivity index (χ1v) is 6.46. The number of nitrogens with zero attached hydrogens (tertiary/aromatic N) is 3. The van der Waals surface area contributed by atoms with Crippen molar-refractivity contribution in [1.82, 2.24) is 8.77 Å². The third-order valence-corrected chi connectivity index (χ3v) is 3.39. The molecule has 0 amide bonds. The van der Waals surface area contributed by atoms with Gasteiger partial charge in [0.15, 0.2) is 5.65 Å². The van der Waals surface area contributed by atoms with Crippen LogP contribution in [0, 0.1) is 0 Å². The average Bonchev–Trinajstić information content (AvgIpc) is 2.82. The van der Waals surface area contributed by atoms with Crippen LogP contribution >= 0.6 is 11.5 Å². The van der Waals surface area contributed by atoms with Crippen LogP contribution in [0.15, 0.2) is 53.7 Å². The number of benzene rings is 1. The summed E-state index contributed by atoms with van der Waals surface area (Å²) in [5.74, 6) is 0. The lowest BCUT2D eigenvalue weighted by molar-refractivity contribution is -0.137. The van der Waals surface area contributed by atoms with Crippen LogP contribution in [0.25, 0.3) is 5.65 Å². The summed E-state index contributed by atoms with van der Waals surface area (Å²) in [6.07, 6.45) is -2.60. The Morgan fingerprint density at radius 2 is 1.95 bits per heavy atom. The first-order chi connectivity index (χ1) is 9.54. The molecule has 20 heavy (non-hydrogen) atoms. The van der Waals surface area contributed by atoms with Crippen molar-refractivity contribution in [2.24, 2.45) is 4.99 Å². The first kappa shape index (κ1) is 12.9. The van der Waals surface area contributed by atoms with E-state index in [1.54, 1.807) is 10.6 Å². The highest BCUT2D eigenvalue weighted by Crippen LogP contribution is 2.31. The van der Waals surface area contributed by atoms with Gasteiger partial charge in [-0.1, -0.05) is 12.1 Å². The molecule has 1 aromatic carbocycles. The van der Waals surface area contributed by atoms with Crippen LogP contribution in [0.4, 0.5) is 18.9 Å². The van der Waals surface area contributed by atoms with Gasteiger partial charge >= 0.3 is 6.18 Å². The molecule has 0 saturated carbocycles. The number of halogens is 3. The van der Waals surface area contributed by atoms with Crippen LogP contribution in [0.1, 0.15) is 5.56 Å². The Hall–Kier alpha value is -2.15. The molecule has 0 unspecified atom stereocenters. The van der Waals surface area contributed by atoms with Crippen molar-refractivity contribution in [2.45, 2.75) is 6.18 Å². The molecule has 2 aromatic heterocycles. The van der Waals surface area contributed by atoms with E-state index in [9.17, 15) is 13.2 Å². The largest absolute Gasteiger partial charge is 0.416 e. The van der Waals surface area contributed by atoms with E-state index in [1.807, 2.05) is 18.2 Å². The summed E-state index contributed by atoms with van der Waals surface area (Å²) in [5, 5.41) is 0. The second kappa shape index (κ2) is 4.75. The molecule has 3 aromatic rings. The smallest absolute Gasteiger partial charge is 0.275 e. The van der Waals surface area contributed by atoms with Crippen molar-refractivity contribution >= 4 is 22.9 Å². The third kappa shape index (κ3) is 2.44. The zero-order chi connectivity index (χ0) is 14.2. The Morgan fingerprint density at radius 3 is 2.75 bits per heavy atom. The first-order valence-electron chi connectivity index (χ1n) is 5.69. The minimum Gasteiger partial charge on any atom is -0.275 e. The second-order valence-corrected chi connectivity index (χ2v) is 4.78. The zero-order valence-electron chi connectivity index (χ0n) is 10.0. The van der Waals surface area contributed by atoms with E-state index in [4.69, 9.17) is 0 Å². The minimum atomic E-state index is -4.37. The van der Waals surface area contributed by atoms with Gasteiger partial charge in [-0.25, -0.2) is 4.99 Å². The number of hydrogen-bond acceptors (Lipinski definition) is 3. The lowest BCUT2D eigenvalue weighted by atomic mass is 10.2. The fraction of sp³-hybridized carbons (Fsp3) is 0.0769. The van der Waals surface area contributed by atoms with Crippen molar-refractivity contribution in [3.05, 3.63) is 59.0 Å². The van der Waals surface area contributed by atoms with E-state index in [0.29, 0.717) is 10.4 Å². The molecule has 7 heteroatoms. The van der Waals surface area contributed by atoms with Gasteiger partial charge in [0, 0.05) is 17.7 Å². The molecule has 0 bridgehead atoms. The monoisotopic (exact) mass is 295 g/mol. The molecular formula is C13H8F3N3S. The number of hydrogen-bond donors (Lipinski definition) is 0. The third-order valence-electron chi connectivity index (χ3n) is 2.66. The molecule has 2 heterocycles. The highest BCUT2D eigenvalue weighted by molar-refractivity contribution is 7.03. The molecule has 0 aliphatic carbocycles. The molecular weight excluding hydrogens is 287 g/mol. The summed E-state index contributed by atoms with van der Waals surface area (Å²) in [4.78, 5) is 4.75. The number of fused-ring (bicyclic) bond motifs is 1. The quantitative estimate of drug-likeness (QED) is 0.674. The Bertz CT molecular complexity index is 817. The van der Waals surface area contributed by atoms with Crippen molar-refractivity contribution in [3.8, 4) is 0 Å². The summed E-state index contributed by atoms with van der Waals surface area (Å²) in [6, 6.07) is 10.4. The van der Waals surface area contributed by atoms with Gasteiger partial charge in [0.05, 0.1) is 11.3 Å². The van der Waals surface area contributed by atoms with Gasteiger partial charge in [0.2, 0.25) is 4.80 Å². The second-order valence-electron chi connectivity index (χ2n) is 4.05. The Labute approximate surface area is 115 Å². The number of rotatable bonds is 1. The predicted molar refractivity (Wildman–Crippen MR) is 69.7 cm³/mol. The van der Waals surface area contributed by atoms with Crippen LogP contribution < -0.4 is 4.80 Å². The maximum absolute atomic E-state index is 12.6. The van der Waals surface area contributed by atoms with Crippen LogP contribution in [-0.2, 0) is 6.18 Å². The Balaban J connectivity index is 2.13. The van der Waals surface area contributed by atoms with E-state index >= 15 is 0 Å². The van der Waals surface area contributed by atoms with Crippen LogP contribution in [-0.4, -0.2) is 8.77 Å². The summed E-state index contributed by atoms with van der Waals surface area (Å²) >= 11 is 1.14. The fourth-order valence-electron chi connectivity index (χ4n) is 1.74. The molecule has 0 atom stereocenters. The van der Waals surface area contributed by atoms with Gasteiger partial charge in [0.1, 0.15) is 0 Å². The topological polar surface area (TPSA) is 29.7 Å². The average molecular weight is 295 g/mol. The molecule has 3 nitrogen and oxygen atoms in total. The number of pyridine rings is 1. The number of aromatic nitrogens is 2. The lowest BCUT2D eigenvalue weighted by Gasteiger charge is -2.06. The molecule has 102 valence electrons. The molecule has 0 saturated heterocycles. The SMILES string of the molecule is FC(F)(F)c1cccc(N=c2snc3ccccn23)c1. The van der Waals surface area contributed by atoms with Crippen molar-refractivity contribution in [3.63, 3.8) is 0 Å². The van der Waals surface area contributed by atoms with Gasteiger partial charge < -0.3 is 0 Å². The molecule has 0 spiro atoms. The summed E-state index contributed by atoms with van der Waals surface area (Å²) in [7, 11) is 0. The summed E-state index contributed by atoms with van der Waals surface area (Å²) < 4.78 is 43.8. The lowest BCUT2D eigenvalue weighted by Crippen LogP contribution is -2.06. The van der Waals surface area contributed by atoms with E-state index in [0.717, 1.165) is 23.7 Å². The van der Waals surface area contributed by atoms with Crippen molar-refractivity contribution < 1.29 is 13.2 Å². The highest BCUT2D eigenvalue weighted by atomic mass is 32.1. The molecule has 0 aliphatic heterocycles. The van der Waals surface area contributed by atoms with Crippen molar-refractivity contribution in [1.29, 1.82) is 0 Å². The summed E-state index contributed by atoms with van der Waals surface area (Å²) in [6.45, 7) is 0. The molecule has 0 N–H and O–H groups in total. The maximum atomic E-state index is 12.6. The predicted octanol–water partition coefficient (Wildman–Crippen LogP) is 3.65. The standard InChI is InChI=1S/C13H8F3N3S/c14-13(15,16)9-4-3-5-10(8-9)17-12-19-7-2-1-6-11(19)18-20-12/h1-8H. The highest BCUT2D eigenvalue weighted by Gasteiger charge is 2.30. The number of alkyl halides is 3. The molecule has 0 fully saturated rings. The molecule has 0 radical (unpaired) electrons. The Kier molecular flexibility index (Phi) is 3.06. The van der Waals surface area contributed by atoms with Gasteiger partial charge in [-0.3, -0.25) is 4.40 Å². The fourth-order valence-corrected chi connectivity index (χ4v) is 2.45. The van der Waals surface area contributed by atoms with Crippen LogP contribution in [0.2, 0.25) is 0 Å². The van der Waals surface area contributed by atoms with E-state index < -0.39 is 11.7 Å². The van der Waals surface area contributed by atoms with E-state index in [-0.39, 0.29) is 5.69 Å². The minimum absolute atomic E-state index is 0.252. The summed E-state index contributed by atoms with van der Waals surface area (Å²) in [5.41, 5.74) is 0.252. The zero-order valence-corrected chi connectivity index (χ0v) is 10.8. The normalized spacial score (nSPS) is 13.1. The van der Waals surface area contributed by atoms with E-state index in [1.165, 1.54) is 12.1 Å². The van der Waals surface area contributed by atoms with Crippen LogP contribution in [0.3, 0.4) is 0 Å². The van der Waals surface area contributed by atoms with Gasteiger partial charge in [-0.15, -0.1) is 0 Å². The Morgan fingerprint density at radius 1 is 1.10 bits per heavy atom. The van der Waals surface area contributed by atoms with Gasteiger partial charge in [0.25, 0.3) is 0 Å². The maximum Gasteiger partial charge on any atom is 0.416 e. The van der Waals surface area contributed by atoms with Crippen LogP contribution in [0.5, 0.6) is 0 Å². The molecule has 0 aliphatic rings. The van der Waals surface area contributed by atoms with E-state index in [2.05, 4.69) is 9.37 Å². The molecule has 3 rings (SSSR count). The van der Waals surface area contributed by atoms with Gasteiger partial charge in [-0.2, -0.15) is 17.5 Å². The van der Waals surface area contributed by atoms with Crippen molar-refractivity contribution in [2.75, 3.05) is 0 Å². The van der Waals surface area contributed by atoms with Gasteiger partial charge in [-0.05, 0) is 30.3 Å².